The SMILES string of the molecule is Cc1c(C(=O)NC2CCCc3cc(OC(F)F)ccc32)nnn1-c1ccc(OC(F)F)cc1. The predicted molar refractivity (Wildman–Crippen MR) is 109 cm³/mol. The van der Waals surface area contributed by atoms with E-state index in [2.05, 4.69) is 25.1 Å². The average molecular weight is 464 g/mol. The summed E-state index contributed by atoms with van der Waals surface area (Å²) in [5, 5.41) is 10.9. The van der Waals surface area contributed by atoms with Gasteiger partial charge in [-0.1, -0.05) is 11.3 Å². The number of amides is 1. The van der Waals surface area contributed by atoms with Crippen LogP contribution in [0.5, 0.6) is 11.5 Å². The molecule has 1 heterocycles. The Kier molecular flexibility index (Phi) is 6.47. The molecule has 11 heteroatoms. The maximum absolute atomic E-state index is 12.9. The maximum Gasteiger partial charge on any atom is 0.387 e. The molecule has 3 aromatic rings. The molecule has 0 spiro atoms. The van der Waals surface area contributed by atoms with Crippen molar-refractivity contribution in [3.63, 3.8) is 0 Å². The Morgan fingerprint density at radius 2 is 1.73 bits per heavy atom. The molecule has 1 N–H and O–H groups in total. The number of hydrogen-bond donors (Lipinski definition) is 1. The third kappa shape index (κ3) is 5.07. The first-order chi connectivity index (χ1) is 15.8. The normalized spacial score (nSPS) is 15.4. The van der Waals surface area contributed by atoms with Gasteiger partial charge in [0.15, 0.2) is 5.69 Å². The highest BCUT2D eigenvalue weighted by Crippen LogP contribution is 2.33. The van der Waals surface area contributed by atoms with Crippen molar-refractivity contribution in [3.8, 4) is 17.2 Å². The smallest absolute Gasteiger partial charge is 0.387 e. The first kappa shape index (κ1) is 22.6. The number of aryl methyl sites for hydroxylation is 1. The molecule has 1 atom stereocenters. The van der Waals surface area contributed by atoms with Gasteiger partial charge >= 0.3 is 13.2 Å². The van der Waals surface area contributed by atoms with Gasteiger partial charge in [-0.25, -0.2) is 4.68 Å². The van der Waals surface area contributed by atoms with Crippen LogP contribution in [0.1, 0.15) is 46.2 Å². The van der Waals surface area contributed by atoms with Crippen molar-refractivity contribution in [2.24, 2.45) is 0 Å². The molecular weight excluding hydrogens is 444 g/mol. The number of hydrogen-bond acceptors (Lipinski definition) is 5. The van der Waals surface area contributed by atoms with Crippen LogP contribution in [0.3, 0.4) is 0 Å². The number of ether oxygens (including phenoxy) is 2. The Morgan fingerprint density at radius 1 is 1.06 bits per heavy atom. The van der Waals surface area contributed by atoms with Gasteiger partial charge < -0.3 is 14.8 Å². The van der Waals surface area contributed by atoms with E-state index in [4.69, 9.17) is 0 Å². The number of alkyl halides is 4. The van der Waals surface area contributed by atoms with E-state index in [1.54, 1.807) is 19.1 Å². The highest BCUT2D eigenvalue weighted by molar-refractivity contribution is 5.93. The zero-order valence-corrected chi connectivity index (χ0v) is 17.5. The molecule has 2 aromatic carbocycles. The second-order valence-electron chi connectivity index (χ2n) is 7.47. The second-order valence-corrected chi connectivity index (χ2v) is 7.47. The van der Waals surface area contributed by atoms with E-state index in [1.165, 1.54) is 35.0 Å². The molecule has 0 saturated carbocycles. The summed E-state index contributed by atoms with van der Waals surface area (Å²) in [6, 6.07) is 10.2. The van der Waals surface area contributed by atoms with E-state index in [1.807, 2.05) is 0 Å². The summed E-state index contributed by atoms with van der Waals surface area (Å²) in [6.07, 6.45) is 2.16. The molecule has 0 fully saturated rings. The van der Waals surface area contributed by atoms with E-state index in [9.17, 15) is 22.4 Å². The summed E-state index contributed by atoms with van der Waals surface area (Å²) < 4.78 is 59.8. The summed E-state index contributed by atoms with van der Waals surface area (Å²) in [7, 11) is 0. The molecule has 1 amide bonds. The van der Waals surface area contributed by atoms with Crippen molar-refractivity contribution in [1.82, 2.24) is 20.3 Å². The fraction of sp³-hybridized carbons (Fsp3) is 0.318. The Balaban J connectivity index is 1.50. The van der Waals surface area contributed by atoms with Crippen LogP contribution in [-0.2, 0) is 6.42 Å². The van der Waals surface area contributed by atoms with Gasteiger partial charge in [-0.3, -0.25) is 4.79 Å². The minimum atomic E-state index is -2.92. The molecule has 1 aromatic heterocycles. The fourth-order valence-electron chi connectivity index (χ4n) is 3.90. The van der Waals surface area contributed by atoms with Gasteiger partial charge in [0, 0.05) is 0 Å². The number of carbonyl (C=O) groups excluding carboxylic acids is 1. The lowest BCUT2D eigenvalue weighted by Gasteiger charge is -2.26. The van der Waals surface area contributed by atoms with Crippen LogP contribution in [0.2, 0.25) is 0 Å². The van der Waals surface area contributed by atoms with E-state index in [-0.39, 0.29) is 23.2 Å². The maximum atomic E-state index is 12.9. The fourth-order valence-corrected chi connectivity index (χ4v) is 3.90. The van der Waals surface area contributed by atoms with Crippen LogP contribution in [0, 0.1) is 6.92 Å². The summed E-state index contributed by atoms with van der Waals surface area (Å²) in [4.78, 5) is 12.9. The molecule has 4 rings (SSSR count). The zero-order valence-electron chi connectivity index (χ0n) is 17.5. The molecular formula is C22H20F4N4O3. The quantitative estimate of drug-likeness (QED) is 0.518. The average Bonchev–Trinajstić information content (AvgIpc) is 3.15. The van der Waals surface area contributed by atoms with Crippen molar-refractivity contribution in [2.45, 2.75) is 45.5 Å². The molecule has 0 saturated heterocycles. The van der Waals surface area contributed by atoms with Crippen molar-refractivity contribution in [3.05, 3.63) is 65.0 Å². The van der Waals surface area contributed by atoms with E-state index in [0.717, 1.165) is 17.5 Å². The summed E-state index contributed by atoms with van der Waals surface area (Å²) in [6.45, 7) is -4.16. The Hall–Kier alpha value is -3.63. The number of halogens is 4. The van der Waals surface area contributed by atoms with Crippen molar-refractivity contribution in [2.75, 3.05) is 0 Å². The van der Waals surface area contributed by atoms with Crippen LogP contribution in [0.25, 0.3) is 5.69 Å². The second kappa shape index (κ2) is 9.47. The molecule has 0 radical (unpaired) electrons. The molecule has 33 heavy (non-hydrogen) atoms. The van der Waals surface area contributed by atoms with Crippen LogP contribution in [-0.4, -0.2) is 34.1 Å². The lowest BCUT2D eigenvalue weighted by atomic mass is 9.87. The van der Waals surface area contributed by atoms with Crippen LogP contribution >= 0.6 is 0 Å². The highest BCUT2D eigenvalue weighted by atomic mass is 19.3. The summed E-state index contributed by atoms with van der Waals surface area (Å²) in [5.74, 6) is -0.343. The third-order valence-electron chi connectivity index (χ3n) is 5.38. The largest absolute Gasteiger partial charge is 0.435 e. The third-order valence-corrected chi connectivity index (χ3v) is 5.38. The monoisotopic (exact) mass is 464 g/mol. The first-order valence-corrected chi connectivity index (χ1v) is 10.2. The number of rotatable bonds is 7. The minimum absolute atomic E-state index is 0.00237. The van der Waals surface area contributed by atoms with Crippen LogP contribution in [0.15, 0.2) is 42.5 Å². The molecule has 7 nitrogen and oxygen atoms in total. The van der Waals surface area contributed by atoms with Gasteiger partial charge in [0.05, 0.1) is 17.4 Å². The van der Waals surface area contributed by atoms with E-state index < -0.39 is 19.1 Å². The lowest BCUT2D eigenvalue weighted by molar-refractivity contribution is -0.0505. The van der Waals surface area contributed by atoms with Gasteiger partial charge in [0.1, 0.15) is 11.5 Å². The number of fused-ring (bicyclic) bond motifs is 1. The van der Waals surface area contributed by atoms with Gasteiger partial charge in [0.2, 0.25) is 0 Å². The van der Waals surface area contributed by atoms with Crippen LogP contribution < -0.4 is 14.8 Å². The number of nitrogens with zero attached hydrogens (tertiary/aromatic N) is 3. The van der Waals surface area contributed by atoms with E-state index in [0.29, 0.717) is 24.2 Å². The molecule has 1 aliphatic rings. The van der Waals surface area contributed by atoms with Crippen molar-refractivity contribution >= 4 is 5.91 Å². The predicted octanol–water partition coefficient (Wildman–Crippen LogP) is 4.59. The first-order valence-electron chi connectivity index (χ1n) is 10.2. The number of aromatic nitrogens is 3. The molecule has 0 aliphatic heterocycles. The molecule has 1 aliphatic carbocycles. The Morgan fingerprint density at radius 3 is 2.42 bits per heavy atom. The molecule has 174 valence electrons. The van der Waals surface area contributed by atoms with E-state index >= 15 is 0 Å². The zero-order chi connectivity index (χ0) is 23.5. The Labute approximate surface area is 186 Å². The molecule has 1 unspecified atom stereocenters. The number of benzene rings is 2. The van der Waals surface area contributed by atoms with Crippen LogP contribution in [0.4, 0.5) is 17.6 Å². The van der Waals surface area contributed by atoms with Gasteiger partial charge in [-0.05, 0) is 73.7 Å². The lowest BCUT2D eigenvalue weighted by Crippen LogP contribution is -2.31. The molecule has 0 bridgehead atoms. The van der Waals surface area contributed by atoms with Gasteiger partial charge in [0.25, 0.3) is 5.91 Å². The summed E-state index contributed by atoms with van der Waals surface area (Å²) >= 11 is 0. The minimum Gasteiger partial charge on any atom is -0.435 e. The Bertz CT molecular complexity index is 1140. The summed E-state index contributed by atoms with van der Waals surface area (Å²) in [5.41, 5.74) is 2.79. The van der Waals surface area contributed by atoms with Crippen molar-refractivity contribution in [1.29, 1.82) is 0 Å². The van der Waals surface area contributed by atoms with Gasteiger partial charge in [-0.15, -0.1) is 5.10 Å². The topological polar surface area (TPSA) is 78.3 Å². The standard InChI is InChI=1S/C22H20F4N4O3/c1-12-19(28-29-30(12)14-5-7-15(8-6-14)32-21(23)24)20(31)27-18-4-2-3-13-11-16(33-22(25)26)9-10-17(13)18/h5-11,18,21-22H,2-4H2,1H3,(H,27,31). The highest BCUT2D eigenvalue weighted by Gasteiger charge is 2.26. The number of nitrogens with one attached hydrogen (secondary N) is 1. The van der Waals surface area contributed by atoms with Gasteiger partial charge in [-0.2, -0.15) is 17.6 Å². The number of carbonyl (C=O) groups is 1. The van der Waals surface area contributed by atoms with Crippen molar-refractivity contribution < 1.29 is 31.8 Å².